The minimum absolute atomic E-state index is 0.0150. The maximum Gasteiger partial charge on any atom is 0.410 e. The quantitative estimate of drug-likeness (QED) is 0.440. The lowest BCUT2D eigenvalue weighted by molar-refractivity contribution is 0.00150. The number of Topliss-reactive ketones (excluding diaryl/α,β-unsaturated/α-hetero) is 1. The maximum absolute atomic E-state index is 13.8. The molecule has 0 aliphatic carbocycles. The summed E-state index contributed by atoms with van der Waals surface area (Å²) in [6.07, 6.45) is 2.55. The van der Waals surface area contributed by atoms with E-state index < -0.39 is 29.4 Å². The van der Waals surface area contributed by atoms with Crippen molar-refractivity contribution in [2.75, 3.05) is 20.2 Å². The molecule has 3 aromatic rings. The normalized spacial score (nSPS) is 14.2. The summed E-state index contributed by atoms with van der Waals surface area (Å²) >= 11 is 0. The highest BCUT2D eigenvalue weighted by Gasteiger charge is 2.39. The third-order valence-electron chi connectivity index (χ3n) is 5.27. The lowest BCUT2D eigenvalue weighted by atomic mass is 9.91. The molecule has 0 N–H and O–H groups in total. The summed E-state index contributed by atoms with van der Waals surface area (Å²) in [7, 11) is 1.20. The third-order valence-corrected chi connectivity index (χ3v) is 5.27. The minimum atomic E-state index is -0.727. The zero-order valence-electron chi connectivity index (χ0n) is 18.7. The Balaban J connectivity index is 1.67. The molecule has 0 spiro atoms. The van der Waals surface area contributed by atoms with E-state index >= 15 is 0 Å². The van der Waals surface area contributed by atoms with Gasteiger partial charge in [0.25, 0.3) is 0 Å². The van der Waals surface area contributed by atoms with Gasteiger partial charge >= 0.3 is 12.1 Å². The van der Waals surface area contributed by atoms with Gasteiger partial charge in [0.05, 0.1) is 30.5 Å². The molecule has 0 unspecified atom stereocenters. The first-order valence-corrected chi connectivity index (χ1v) is 10.3. The number of ketones is 1. The molecule has 1 aliphatic rings. The van der Waals surface area contributed by atoms with Crippen molar-refractivity contribution in [3.8, 4) is 5.69 Å². The summed E-state index contributed by atoms with van der Waals surface area (Å²) in [5, 5.41) is 8.55. The Morgan fingerprint density at radius 2 is 1.85 bits per heavy atom. The van der Waals surface area contributed by atoms with Crippen molar-refractivity contribution in [1.82, 2.24) is 19.7 Å². The van der Waals surface area contributed by atoms with Crippen LogP contribution in [0.3, 0.4) is 0 Å². The van der Waals surface area contributed by atoms with E-state index in [9.17, 15) is 18.8 Å². The van der Waals surface area contributed by atoms with Crippen LogP contribution >= 0.6 is 0 Å². The molecule has 0 bridgehead atoms. The van der Waals surface area contributed by atoms with E-state index in [1.807, 2.05) is 0 Å². The second-order valence-corrected chi connectivity index (χ2v) is 8.78. The Morgan fingerprint density at radius 3 is 2.52 bits per heavy atom. The number of carbonyl (C=O) groups is 3. The van der Waals surface area contributed by atoms with E-state index in [2.05, 4.69) is 10.2 Å². The lowest BCUT2D eigenvalue weighted by Crippen LogP contribution is -2.54. The number of hydrogen-bond donors (Lipinski definition) is 0. The van der Waals surface area contributed by atoms with Crippen LogP contribution in [0, 0.1) is 11.7 Å². The molecule has 1 aliphatic heterocycles. The fourth-order valence-corrected chi connectivity index (χ4v) is 3.68. The first kappa shape index (κ1) is 22.4. The van der Waals surface area contributed by atoms with Crippen LogP contribution in [0.15, 0.2) is 36.7 Å². The van der Waals surface area contributed by atoms with Crippen molar-refractivity contribution in [1.29, 1.82) is 0 Å². The van der Waals surface area contributed by atoms with Gasteiger partial charge in [0.2, 0.25) is 0 Å². The molecule has 10 heteroatoms. The van der Waals surface area contributed by atoms with Crippen molar-refractivity contribution in [2.24, 2.45) is 5.92 Å². The number of aromatic nitrogens is 3. The third kappa shape index (κ3) is 4.28. The van der Waals surface area contributed by atoms with Crippen molar-refractivity contribution < 1.29 is 28.2 Å². The summed E-state index contributed by atoms with van der Waals surface area (Å²) in [6.45, 7) is 5.82. The van der Waals surface area contributed by atoms with Crippen molar-refractivity contribution in [2.45, 2.75) is 26.4 Å². The molecule has 4 rings (SSSR count). The Kier molecular flexibility index (Phi) is 5.61. The van der Waals surface area contributed by atoms with Crippen LogP contribution in [0.2, 0.25) is 0 Å². The van der Waals surface area contributed by atoms with Gasteiger partial charge in [0.15, 0.2) is 11.4 Å². The standard InChI is InChI=1S/C23H23FN4O5/c1-23(2,3)33-22(31)27-10-13(11-27)19(29)17-12-28(20-15(17)7-8-25-26-20)18-6-5-14(24)9-16(18)21(30)32-4/h5-9,12-13H,10-11H2,1-4H3. The molecule has 0 radical (unpaired) electrons. The van der Waals surface area contributed by atoms with Crippen LogP contribution in [0.4, 0.5) is 9.18 Å². The number of fused-ring (bicyclic) bond motifs is 1. The number of methoxy groups -OCH3 is 1. The van der Waals surface area contributed by atoms with Crippen LogP contribution in [-0.4, -0.2) is 63.3 Å². The van der Waals surface area contributed by atoms with Crippen LogP contribution in [0.25, 0.3) is 16.7 Å². The number of nitrogens with zero attached hydrogens (tertiary/aromatic N) is 4. The SMILES string of the molecule is COC(=O)c1cc(F)ccc1-n1cc(C(=O)C2CN(C(=O)OC(C)(C)C)C2)c2ccnnc21. The van der Waals surface area contributed by atoms with Gasteiger partial charge in [-0.25, -0.2) is 14.0 Å². The number of benzene rings is 1. The predicted molar refractivity (Wildman–Crippen MR) is 116 cm³/mol. The van der Waals surface area contributed by atoms with Crippen LogP contribution < -0.4 is 0 Å². The summed E-state index contributed by atoms with van der Waals surface area (Å²) < 4.78 is 25.5. The van der Waals surface area contributed by atoms with Gasteiger partial charge in [0, 0.05) is 30.2 Å². The Labute approximate surface area is 189 Å². The molecule has 1 fully saturated rings. The molecular formula is C23H23FN4O5. The largest absolute Gasteiger partial charge is 0.465 e. The molecule has 1 aromatic carbocycles. The lowest BCUT2D eigenvalue weighted by Gasteiger charge is -2.38. The molecule has 33 heavy (non-hydrogen) atoms. The van der Waals surface area contributed by atoms with E-state index in [0.29, 0.717) is 22.3 Å². The number of likely N-dealkylation sites (tertiary alicyclic amines) is 1. The highest BCUT2D eigenvalue weighted by atomic mass is 19.1. The maximum atomic E-state index is 13.8. The van der Waals surface area contributed by atoms with E-state index in [1.165, 1.54) is 34.9 Å². The second kappa shape index (κ2) is 8.27. The van der Waals surface area contributed by atoms with Crippen molar-refractivity contribution in [3.63, 3.8) is 0 Å². The van der Waals surface area contributed by atoms with Gasteiger partial charge in [-0.1, -0.05) is 0 Å². The second-order valence-electron chi connectivity index (χ2n) is 8.78. The Morgan fingerprint density at radius 1 is 1.12 bits per heavy atom. The predicted octanol–water partition coefficient (Wildman–Crippen LogP) is 3.40. The number of esters is 1. The average Bonchev–Trinajstić information content (AvgIpc) is 3.10. The number of halogens is 1. The monoisotopic (exact) mass is 454 g/mol. The molecule has 2 aromatic heterocycles. The summed E-state index contributed by atoms with van der Waals surface area (Å²) in [5.74, 6) is -1.91. The number of ether oxygens (including phenoxy) is 2. The smallest absolute Gasteiger partial charge is 0.410 e. The number of amides is 1. The van der Waals surface area contributed by atoms with Gasteiger partial charge in [0.1, 0.15) is 11.4 Å². The Bertz CT molecular complexity index is 1260. The van der Waals surface area contributed by atoms with E-state index in [-0.39, 0.29) is 24.4 Å². The van der Waals surface area contributed by atoms with Gasteiger partial charge < -0.3 is 14.4 Å². The van der Waals surface area contributed by atoms with Crippen LogP contribution in [0.5, 0.6) is 0 Å². The first-order chi connectivity index (χ1) is 15.6. The van der Waals surface area contributed by atoms with Gasteiger partial charge in [-0.15, -0.1) is 5.10 Å². The number of rotatable bonds is 4. The fraction of sp³-hybridized carbons (Fsp3) is 0.348. The van der Waals surface area contributed by atoms with Crippen LogP contribution in [0.1, 0.15) is 41.5 Å². The van der Waals surface area contributed by atoms with Gasteiger partial charge in [-0.3, -0.25) is 9.36 Å². The van der Waals surface area contributed by atoms with E-state index in [4.69, 9.17) is 9.47 Å². The molecular weight excluding hydrogens is 431 g/mol. The molecule has 0 atom stereocenters. The topological polar surface area (TPSA) is 104 Å². The molecule has 9 nitrogen and oxygen atoms in total. The van der Waals surface area contributed by atoms with Gasteiger partial charge in [-0.2, -0.15) is 5.10 Å². The fourth-order valence-electron chi connectivity index (χ4n) is 3.68. The minimum Gasteiger partial charge on any atom is -0.465 e. The molecule has 0 saturated carbocycles. The van der Waals surface area contributed by atoms with Gasteiger partial charge in [-0.05, 0) is 45.0 Å². The molecule has 1 amide bonds. The highest BCUT2D eigenvalue weighted by Crippen LogP contribution is 2.30. The molecule has 3 heterocycles. The first-order valence-electron chi connectivity index (χ1n) is 10.3. The van der Waals surface area contributed by atoms with Crippen molar-refractivity contribution in [3.05, 3.63) is 53.6 Å². The molecule has 1 saturated heterocycles. The van der Waals surface area contributed by atoms with Crippen molar-refractivity contribution >= 4 is 28.9 Å². The van der Waals surface area contributed by atoms with Crippen LogP contribution in [-0.2, 0) is 9.47 Å². The van der Waals surface area contributed by atoms with E-state index in [0.717, 1.165) is 6.07 Å². The Hall–Kier alpha value is -3.82. The summed E-state index contributed by atoms with van der Waals surface area (Å²) in [5.41, 5.74) is 0.371. The van der Waals surface area contributed by atoms with E-state index in [1.54, 1.807) is 33.0 Å². The molecule has 172 valence electrons. The summed E-state index contributed by atoms with van der Waals surface area (Å²) in [6, 6.07) is 5.33. The average molecular weight is 454 g/mol. The zero-order chi connectivity index (χ0) is 23.9. The zero-order valence-corrected chi connectivity index (χ0v) is 18.7. The highest BCUT2D eigenvalue weighted by molar-refractivity contribution is 6.09. The summed E-state index contributed by atoms with van der Waals surface area (Å²) in [4.78, 5) is 39.2. The number of hydrogen-bond acceptors (Lipinski definition) is 7. The number of carbonyl (C=O) groups excluding carboxylic acids is 3.